The van der Waals surface area contributed by atoms with Crippen molar-refractivity contribution in [2.75, 3.05) is 26.3 Å². The van der Waals surface area contributed by atoms with Gasteiger partial charge in [-0.1, -0.05) is 35.1 Å². The topological polar surface area (TPSA) is 76.0 Å². The fourth-order valence-electron chi connectivity index (χ4n) is 3.48. The van der Waals surface area contributed by atoms with Gasteiger partial charge < -0.3 is 14.3 Å². The minimum absolute atomic E-state index is 0.0850. The summed E-state index contributed by atoms with van der Waals surface area (Å²) in [6.07, 6.45) is 1.57. The van der Waals surface area contributed by atoms with Crippen molar-refractivity contribution in [3.8, 4) is 17.5 Å². The van der Waals surface area contributed by atoms with Gasteiger partial charge in [0.05, 0.1) is 30.4 Å². The molecular weight excluding hydrogens is 400 g/mol. The molecule has 0 aliphatic carbocycles. The normalized spacial score (nSPS) is 16.6. The molecule has 0 unspecified atom stereocenters. The summed E-state index contributed by atoms with van der Waals surface area (Å²) in [6, 6.07) is 11.2. The largest absolute Gasteiger partial charge is 0.492 e. The lowest BCUT2D eigenvalue weighted by atomic mass is 10.0. The molecule has 0 saturated carbocycles. The van der Waals surface area contributed by atoms with Crippen LogP contribution in [-0.4, -0.2) is 50.9 Å². The minimum atomic E-state index is -0.150. The maximum Gasteiger partial charge on any atom is 0.230 e. The van der Waals surface area contributed by atoms with E-state index in [1.165, 1.54) is 15.9 Å². The Morgan fingerprint density at radius 3 is 2.75 bits per heavy atom. The number of nitrogens with zero attached hydrogens (tertiary/aromatic N) is 4. The van der Waals surface area contributed by atoms with Gasteiger partial charge in [0.15, 0.2) is 5.76 Å². The van der Waals surface area contributed by atoms with Crippen molar-refractivity contribution >= 4 is 27.9 Å². The number of thiazole rings is 1. The summed E-state index contributed by atoms with van der Waals surface area (Å²) in [4.78, 5) is 8.20. The van der Waals surface area contributed by atoms with Gasteiger partial charge in [-0.05, 0) is 29.8 Å². The molecule has 28 heavy (non-hydrogen) atoms. The lowest BCUT2D eigenvalue weighted by molar-refractivity contribution is 0.0241. The molecular formula is C19H17ClN4O3S. The number of furan rings is 1. The summed E-state index contributed by atoms with van der Waals surface area (Å²) in [6.45, 7) is 2.84. The van der Waals surface area contributed by atoms with Gasteiger partial charge >= 0.3 is 0 Å². The fraction of sp³-hybridized carbons (Fsp3) is 0.263. The Kier molecular flexibility index (Phi) is 4.56. The third-order valence-corrected chi connectivity index (χ3v) is 6.07. The molecule has 0 radical (unpaired) electrons. The standard InChI is InChI=1S/C19H17ClN4O3S/c20-13-4-1-3-12(11-13)15(23-6-9-26-10-7-23)16-18(25)24-19(28-16)21-17(22-24)14-5-2-8-27-14/h1-5,8,11,15,25H,6-7,9-10H2/t15-/m1/s1. The van der Waals surface area contributed by atoms with Crippen molar-refractivity contribution in [1.82, 2.24) is 19.5 Å². The van der Waals surface area contributed by atoms with Crippen LogP contribution in [0.4, 0.5) is 0 Å². The first-order chi connectivity index (χ1) is 13.7. The number of halogens is 1. The first kappa shape index (κ1) is 17.7. The Morgan fingerprint density at radius 1 is 1.18 bits per heavy atom. The lowest BCUT2D eigenvalue weighted by Crippen LogP contribution is -2.39. The smallest absolute Gasteiger partial charge is 0.230 e. The SMILES string of the molecule is Oc1c([C@@H](c2cccc(Cl)c2)N2CCOCC2)sc2nc(-c3ccco3)nn12. The molecule has 1 atom stereocenters. The Balaban J connectivity index is 1.60. The quantitative estimate of drug-likeness (QED) is 0.545. The summed E-state index contributed by atoms with van der Waals surface area (Å²) in [5.74, 6) is 1.10. The molecule has 0 bridgehead atoms. The van der Waals surface area contributed by atoms with E-state index in [-0.39, 0.29) is 11.9 Å². The summed E-state index contributed by atoms with van der Waals surface area (Å²) >= 11 is 7.66. The minimum Gasteiger partial charge on any atom is -0.492 e. The summed E-state index contributed by atoms with van der Waals surface area (Å²) in [5, 5.41) is 16.1. The number of rotatable bonds is 4. The molecule has 4 aromatic rings. The maximum atomic E-state index is 11.0. The molecule has 3 aromatic heterocycles. The van der Waals surface area contributed by atoms with E-state index < -0.39 is 0 Å². The number of aromatic hydroxyl groups is 1. The Bertz CT molecular complexity index is 1100. The zero-order chi connectivity index (χ0) is 19.1. The highest BCUT2D eigenvalue weighted by Gasteiger charge is 2.31. The molecule has 7 nitrogen and oxygen atoms in total. The average molecular weight is 417 g/mol. The third-order valence-electron chi connectivity index (χ3n) is 4.76. The van der Waals surface area contributed by atoms with E-state index in [0.29, 0.717) is 34.8 Å². The predicted octanol–water partition coefficient (Wildman–Crippen LogP) is 3.83. The second-order valence-corrected chi connectivity index (χ2v) is 7.95. The predicted molar refractivity (Wildman–Crippen MR) is 106 cm³/mol. The van der Waals surface area contributed by atoms with E-state index in [9.17, 15) is 5.11 Å². The molecule has 1 aliphatic heterocycles. The molecule has 0 spiro atoms. The second kappa shape index (κ2) is 7.21. The maximum absolute atomic E-state index is 11.0. The van der Waals surface area contributed by atoms with Crippen LogP contribution in [0.3, 0.4) is 0 Å². The van der Waals surface area contributed by atoms with Crippen molar-refractivity contribution in [1.29, 1.82) is 0 Å². The van der Waals surface area contributed by atoms with Gasteiger partial charge in [-0.15, -0.1) is 5.10 Å². The van der Waals surface area contributed by atoms with Gasteiger partial charge in [0.2, 0.25) is 16.7 Å². The Hall–Kier alpha value is -2.39. The van der Waals surface area contributed by atoms with Gasteiger partial charge in [0.1, 0.15) is 0 Å². The van der Waals surface area contributed by atoms with E-state index in [0.717, 1.165) is 23.5 Å². The van der Waals surface area contributed by atoms with Crippen LogP contribution in [0.5, 0.6) is 5.88 Å². The molecule has 4 heterocycles. The molecule has 1 aromatic carbocycles. The van der Waals surface area contributed by atoms with Crippen molar-refractivity contribution < 1.29 is 14.3 Å². The molecule has 144 valence electrons. The van der Waals surface area contributed by atoms with Gasteiger partial charge in [0.25, 0.3) is 0 Å². The number of aromatic nitrogens is 3. The number of hydrogen-bond acceptors (Lipinski definition) is 7. The lowest BCUT2D eigenvalue weighted by Gasteiger charge is -2.34. The van der Waals surface area contributed by atoms with Crippen LogP contribution >= 0.6 is 22.9 Å². The second-order valence-electron chi connectivity index (χ2n) is 6.50. The highest BCUT2D eigenvalue weighted by Crippen LogP contribution is 2.41. The Labute approximate surface area is 169 Å². The summed E-state index contributed by atoms with van der Waals surface area (Å²) < 4.78 is 12.3. The fourth-order valence-corrected chi connectivity index (χ4v) is 4.79. The first-order valence-electron chi connectivity index (χ1n) is 8.90. The Morgan fingerprint density at radius 2 is 2.04 bits per heavy atom. The third kappa shape index (κ3) is 3.08. The van der Waals surface area contributed by atoms with Crippen molar-refractivity contribution in [2.45, 2.75) is 6.04 Å². The van der Waals surface area contributed by atoms with Crippen LogP contribution < -0.4 is 0 Å². The van der Waals surface area contributed by atoms with Crippen LogP contribution in [0.1, 0.15) is 16.5 Å². The van der Waals surface area contributed by atoms with E-state index in [1.54, 1.807) is 18.4 Å². The van der Waals surface area contributed by atoms with Crippen molar-refractivity contribution in [2.24, 2.45) is 0 Å². The monoisotopic (exact) mass is 416 g/mol. The number of morpholine rings is 1. The van der Waals surface area contributed by atoms with E-state index in [1.807, 2.05) is 24.3 Å². The van der Waals surface area contributed by atoms with Crippen LogP contribution in [0.2, 0.25) is 5.02 Å². The van der Waals surface area contributed by atoms with Gasteiger partial charge in [-0.3, -0.25) is 4.90 Å². The molecule has 0 amide bonds. The van der Waals surface area contributed by atoms with Gasteiger partial charge in [-0.2, -0.15) is 9.50 Å². The van der Waals surface area contributed by atoms with E-state index >= 15 is 0 Å². The van der Waals surface area contributed by atoms with Crippen LogP contribution in [0.15, 0.2) is 47.1 Å². The van der Waals surface area contributed by atoms with Crippen LogP contribution in [-0.2, 0) is 4.74 Å². The number of ether oxygens (including phenoxy) is 1. The number of benzene rings is 1. The highest BCUT2D eigenvalue weighted by atomic mass is 35.5. The molecule has 1 aliphatic rings. The average Bonchev–Trinajstić information content (AvgIpc) is 3.42. The molecule has 5 rings (SSSR count). The first-order valence-corrected chi connectivity index (χ1v) is 10.1. The van der Waals surface area contributed by atoms with Crippen LogP contribution in [0, 0.1) is 0 Å². The molecule has 1 saturated heterocycles. The van der Waals surface area contributed by atoms with Gasteiger partial charge in [-0.25, -0.2) is 0 Å². The molecule has 9 heteroatoms. The number of fused-ring (bicyclic) bond motifs is 1. The van der Waals surface area contributed by atoms with E-state index in [2.05, 4.69) is 15.0 Å². The van der Waals surface area contributed by atoms with Gasteiger partial charge in [0, 0.05) is 18.1 Å². The molecule has 1 N–H and O–H groups in total. The zero-order valence-corrected chi connectivity index (χ0v) is 16.4. The van der Waals surface area contributed by atoms with Crippen LogP contribution in [0.25, 0.3) is 16.5 Å². The van der Waals surface area contributed by atoms with Crippen molar-refractivity contribution in [3.05, 3.63) is 58.1 Å². The van der Waals surface area contributed by atoms with E-state index in [4.69, 9.17) is 20.8 Å². The summed E-state index contributed by atoms with van der Waals surface area (Å²) in [5.41, 5.74) is 1.01. The molecule has 1 fully saturated rings. The summed E-state index contributed by atoms with van der Waals surface area (Å²) in [7, 11) is 0. The number of hydrogen-bond donors (Lipinski definition) is 1. The van der Waals surface area contributed by atoms with Crippen molar-refractivity contribution in [3.63, 3.8) is 0 Å². The zero-order valence-electron chi connectivity index (χ0n) is 14.8. The highest BCUT2D eigenvalue weighted by molar-refractivity contribution is 7.17.